The molecule has 1 saturated carbocycles. The lowest BCUT2D eigenvalue weighted by Crippen LogP contribution is -2.42. The molecule has 0 aliphatic heterocycles. The summed E-state index contributed by atoms with van der Waals surface area (Å²) in [5, 5.41) is 5.95. The zero-order valence-electron chi connectivity index (χ0n) is 11.1. The summed E-state index contributed by atoms with van der Waals surface area (Å²) in [6, 6.07) is 1.08. The molecule has 0 aromatic carbocycles. The van der Waals surface area contributed by atoms with Gasteiger partial charge in [-0.05, 0) is 31.6 Å². The quantitative estimate of drug-likeness (QED) is 0.876. The smallest absolute Gasteiger partial charge is 0.0795 e. The number of nitrogens with zero attached hydrogens (tertiary/aromatic N) is 1. The Morgan fingerprint density at radius 1 is 1.29 bits per heavy atom. The van der Waals surface area contributed by atoms with Crippen LogP contribution in [0.5, 0.6) is 0 Å². The summed E-state index contributed by atoms with van der Waals surface area (Å²) in [5.41, 5.74) is 3.12. The van der Waals surface area contributed by atoms with Gasteiger partial charge in [0.1, 0.15) is 0 Å². The Balaban J connectivity index is 1.96. The third-order valence-corrected chi connectivity index (χ3v) is 4.64. The maximum atomic E-state index is 4.41. The maximum Gasteiger partial charge on any atom is 0.0795 e. The highest BCUT2D eigenvalue weighted by Crippen LogP contribution is 2.31. The molecule has 0 spiro atoms. The van der Waals surface area contributed by atoms with Crippen molar-refractivity contribution in [3.05, 3.63) is 16.6 Å². The summed E-state index contributed by atoms with van der Waals surface area (Å²) in [6.45, 7) is 6.96. The van der Waals surface area contributed by atoms with Gasteiger partial charge in [0, 0.05) is 17.5 Å². The fourth-order valence-corrected chi connectivity index (χ4v) is 3.65. The molecule has 2 nitrogen and oxygen atoms in total. The SMILES string of the molecule is CC(NC1CCCCC1C(C)C)c1cscn1. The van der Waals surface area contributed by atoms with Crippen LogP contribution < -0.4 is 5.32 Å². The van der Waals surface area contributed by atoms with Gasteiger partial charge in [-0.2, -0.15) is 0 Å². The molecule has 0 saturated heterocycles. The van der Waals surface area contributed by atoms with Gasteiger partial charge >= 0.3 is 0 Å². The summed E-state index contributed by atoms with van der Waals surface area (Å²) in [6.07, 6.45) is 5.51. The van der Waals surface area contributed by atoms with Crippen LogP contribution in [0, 0.1) is 11.8 Å². The molecule has 0 bridgehead atoms. The standard InChI is InChI=1S/C14H24N2S/c1-10(2)12-6-4-5-7-13(12)16-11(3)14-8-17-9-15-14/h8-13,16H,4-7H2,1-3H3. The normalized spacial score (nSPS) is 27.3. The molecule has 3 unspecified atom stereocenters. The lowest BCUT2D eigenvalue weighted by Gasteiger charge is -2.36. The lowest BCUT2D eigenvalue weighted by molar-refractivity contribution is 0.194. The van der Waals surface area contributed by atoms with E-state index in [4.69, 9.17) is 0 Å². The Hall–Kier alpha value is -0.410. The molecular formula is C14H24N2S. The van der Waals surface area contributed by atoms with Crippen LogP contribution >= 0.6 is 11.3 Å². The van der Waals surface area contributed by atoms with Gasteiger partial charge < -0.3 is 5.32 Å². The number of thiazole rings is 1. The number of hydrogen-bond donors (Lipinski definition) is 1. The van der Waals surface area contributed by atoms with Crippen LogP contribution in [-0.2, 0) is 0 Å². The minimum atomic E-state index is 0.394. The maximum absolute atomic E-state index is 4.41. The summed E-state index contributed by atoms with van der Waals surface area (Å²) >= 11 is 1.69. The second-order valence-corrected chi connectivity index (χ2v) is 6.32. The summed E-state index contributed by atoms with van der Waals surface area (Å²) in [5.74, 6) is 1.63. The van der Waals surface area contributed by atoms with Gasteiger partial charge in [-0.15, -0.1) is 11.3 Å². The van der Waals surface area contributed by atoms with E-state index in [1.165, 1.54) is 31.4 Å². The first kappa shape index (κ1) is 13.0. The third kappa shape index (κ3) is 3.29. The van der Waals surface area contributed by atoms with Crippen molar-refractivity contribution in [1.29, 1.82) is 0 Å². The first-order chi connectivity index (χ1) is 8.18. The predicted octanol–water partition coefficient (Wildman–Crippen LogP) is 4.01. The molecule has 1 aliphatic carbocycles. The van der Waals surface area contributed by atoms with Gasteiger partial charge in [0.05, 0.1) is 11.2 Å². The topological polar surface area (TPSA) is 24.9 Å². The van der Waals surface area contributed by atoms with Crippen molar-refractivity contribution in [2.75, 3.05) is 0 Å². The summed E-state index contributed by atoms with van der Waals surface area (Å²) in [4.78, 5) is 4.41. The average Bonchev–Trinajstić information content (AvgIpc) is 2.83. The van der Waals surface area contributed by atoms with E-state index in [9.17, 15) is 0 Å². The second-order valence-electron chi connectivity index (χ2n) is 5.60. The van der Waals surface area contributed by atoms with E-state index in [1.54, 1.807) is 11.3 Å². The van der Waals surface area contributed by atoms with Gasteiger partial charge in [0.2, 0.25) is 0 Å². The highest BCUT2D eigenvalue weighted by Gasteiger charge is 2.28. The van der Waals surface area contributed by atoms with Crippen LogP contribution in [0.3, 0.4) is 0 Å². The second kappa shape index (κ2) is 5.96. The van der Waals surface area contributed by atoms with E-state index < -0.39 is 0 Å². The van der Waals surface area contributed by atoms with Crippen molar-refractivity contribution >= 4 is 11.3 Å². The van der Waals surface area contributed by atoms with E-state index in [-0.39, 0.29) is 0 Å². The van der Waals surface area contributed by atoms with Gasteiger partial charge in [0.25, 0.3) is 0 Å². The fraction of sp³-hybridized carbons (Fsp3) is 0.786. The Morgan fingerprint density at radius 3 is 2.71 bits per heavy atom. The van der Waals surface area contributed by atoms with Gasteiger partial charge in [0.15, 0.2) is 0 Å². The molecule has 1 aliphatic rings. The molecular weight excluding hydrogens is 228 g/mol. The van der Waals surface area contributed by atoms with Gasteiger partial charge in [-0.25, -0.2) is 4.98 Å². The Bertz CT molecular complexity index is 321. The number of rotatable bonds is 4. The molecule has 0 amide bonds. The average molecular weight is 252 g/mol. The molecule has 1 N–H and O–H groups in total. The van der Waals surface area contributed by atoms with Crippen LogP contribution in [0.1, 0.15) is 58.2 Å². The third-order valence-electron chi connectivity index (χ3n) is 4.03. The molecule has 1 aromatic heterocycles. The van der Waals surface area contributed by atoms with E-state index in [0.29, 0.717) is 12.1 Å². The van der Waals surface area contributed by atoms with Crippen molar-refractivity contribution in [3.63, 3.8) is 0 Å². The van der Waals surface area contributed by atoms with E-state index in [0.717, 1.165) is 11.8 Å². The highest BCUT2D eigenvalue weighted by molar-refractivity contribution is 7.07. The Labute approximate surface area is 109 Å². The van der Waals surface area contributed by atoms with Crippen molar-refractivity contribution in [2.24, 2.45) is 11.8 Å². The van der Waals surface area contributed by atoms with Crippen LogP contribution in [0.15, 0.2) is 10.9 Å². The molecule has 17 heavy (non-hydrogen) atoms. The number of aromatic nitrogens is 1. The molecule has 96 valence electrons. The first-order valence-electron chi connectivity index (χ1n) is 6.82. The van der Waals surface area contributed by atoms with E-state index >= 15 is 0 Å². The monoisotopic (exact) mass is 252 g/mol. The Morgan fingerprint density at radius 2 is 2.06 bits per heavy atom. The van der Waals surface area contributed by atoms with Gasteiger partial charge in [-0.1, -0.05) is 26.7 Å². The lowest BCUT2D eigenvalue weighted by atomic mass is 9.77. The van der Waals surface area contributed by atoms with Crippen molar-refractivity contribution in [2.45, 2.75) is 58.5 Å². The number of nitrogens with one attached hydrogen (secondary N) is 1. The molecule has 1 aromatic rings. The van der Waals surface area contributed by atoms with Crippen molar-refractivity contribution in [3.8, 4) is 0 Å². The summed E-state index contributed by atoms with van der Waals surface area (Å²) < 4.78 is 0. The highest BCUT2D eigenvalue weighted by atomic mass is 32.1. The predicted molar refractivity (Wildman–Crippen MR) is 74.2 cm³/mol. The van der Waals surface area contributed by atoms with Crippen molar-refractivity contribution < 1.29 is 0 Å². The van der Waals surface area contributed by atoms with Crippen molar-refractivity contribution in [1.82, 2.24) is 10.3 Å². The molecule has 0 radical (unpaired) electrons. The van der Waals surface area contributed by atoms with Crippen LogP contribution in [0.2, 0.25) is 0 Å². The Kier molecular flexibility index (Phi) is 4.57. The molecule has 1 heterocycles. The molecule has 1 fully saturated rings. The van der Waals surface area contributed by atoms with Crippen LogP contribution in [-0.4, -0.2) is 11.0 Å². The zero-order valence-corrected chi connectivity index (χ0v) is 12.0. The van der Waals surface area contributed by atoms with E-state index in [2.05, 4.69) is 36.5 Å². The fourth-order valence-electron chi connectivity index (χ4n) is 3.01. The molecule has 3 atom stereocenters. The zero-order chi connectivity index (χ0) is 12.3. The largest absolute Gasteiger partial charge is 0.306 e. The van der Waals surface area contributed by atoms with Gasteiger partial charge in [-0.3, -0.25) is 0 Å². The first-order valence-corrected chi connectivity index (χ1v) is 7.77. The minimum Gasteiger partial charge on any atom is -0.306 e. The molecule has 2 rings (SSSR count). The number of hydrogen-bond acceptors (Lipinski definition) is 3. The van der Waals surface area contributed by atoms with Crippen LogP contribution in [0.25, 0.3) is 0 Å². The minimum absolute atomic E-state index is 0.394. The molecule has 3 heteroatoms. The van der Waals surface area contributed by atoms with E-state index in [1.807, 2.05) is 5.51 Å². The summed E-state index contributed by atoms with van der Waals surface area (Å²) in [7, 11) is 0. The van der Waals surface area contributed by atoms with Crippen LogP contribution in [0.4, 0.5) is 0 Å².